The van der Waals surface area contributed by atoms with E-state index in [1.54, 1.807) is 11.0 Å². The van der Waals surface area contributed by atoms with Gasteiger partial charge in [0.25, 0.3) is 5.91 Å². The van der Waals surface area contributed by atoms with Crippen LogP contribution in [0.25, 0.3) is 0 Å². The second-order valence-corrected chi connectivity index (χ2v) is 6.52. The molecular formula is C15H22N2O3S. The lowest BCUT2D eigenvalue weighted by atomic mass is 10.0. The molecule has 6 heteroatoms. The van der Waals surface area contributed by atoms with Crippen molar-refractivity contribution >= 4 is 23.2 Å². The number of morpholine rings is 1. The SMILES string of the molecule is CC(C)C[C@@H](NC(=O)c1cccs1)C(=O)N1CCOCC1. The van der Waals surface area contributed by atoms with Gasteiger partial charge in [0, 0.05) is 13.1 Å². The quantitative estimate of drug-likeness (QED) is 0.901. The van der Waals surface area contributed by atoms with E-state index in [0.717, 1.165) is 0 Å². The van der Waals surface area contributed by atoms with Crippen molar-refractivity contribution in [3.8, 4) is 0 Å². The third kappa shape index (κ3) is 4.54. The number of ether oxygens (including phenoxy) is 1. The van der Waals surface area contributed by atoms with Crippen molar-refractivity contribution in [1.82, 2.24) is 10.2 Å². The number of nitrogens with zero attached hydrogens (tertiary/aromatic N) is 1. The van der Waals surface area contributed by atoms with Crippen molar-refractivity contribution in [3.63, 3.8) is 0 Å². The first-order chi connectivity index (χ1) is 10.1. The molecule has 1 saturated heterocycles. The maximum atomic E-state index is 12.6. The molecule has 0 unspecified atom stereocenters. The Labute approximate surface area is 129 Å². The first-order valence-corrected chi connectivity index (χ1v) is 8.17. The lowest BCUT2D eigenvalue weighted by Gasteiger charge is -2.31. The molecule has 116 valence electrons. The van der Waals surface area contributed by atoms with Crippen molar-refractivity contribution in [3.05, 3.63) is 22.4 Å². The summed E-state index contributed by atoms with van der Waals surface area (Å²) >= 11 is 1.38. The molecule has 5 nitrogen and oxygen atoms in total. The third-order valence-corrected chi connectivity index (χ3v) is 4.25. The van der Waals surface area contributed by atoms with Crippen LogP contribution < -0.4 is 5.32 Å². The second kappa shape index (κ2) is 7.56. The molecular weight excluding hydrogens is 288 g/mol. The molecule has 0 radical (unpaired) electrons. The Bertz CT molecular complexity index is 467. The van der Waals surface area contributed by atoms with Gasteiger partial charge in [-0.3, -0.25) is 9.59 Å². The Kier molecular flexibility index (Phi) is 5.76. The van der Waals surface area contributed by atoms with Crippen LogP contribution in [0.3, 0.4) is 0 Å². The molecule has 1 N–H and O–H groups in total. The van der Waals surface area contributed by atoms with Gasteiger partial charge in [0.2, 0.25) is 5.91 Å². The molecule has 1 fully saturated rings. The van der Waals surface area contributed by atoms with E-state index in [2.05, 4.69) is 19.2 Å². The van der Waals surface area contributed by atoms with Gasteiger partial charge < -0.3 is 15.0 Å². The van der Waals surface area contributed by atoms with Gasteiger partial charge in [-0.25, -0.2) is 0 Å². The number of amides is 2. The highest BCUT2D eigenvalue weighted by molar-refractivity contribution is 7.12. The fraction of sp³-hybridized carbons (Fsp3) is 0.600. The van der Waals surface area contributed by atoms with E-state index < -0.39 is 6.04 Å². The first-order valence-electron chi connectivity index (χ1n) is 7.29. The molecule has 2 heterocycles. The molecule has 1 aliphatic rings. The molecule has 0 spiro atoms. The normalized spacial score (nSPS) is 16.8. The molecule has 0 bridgehead atoms. The van der Waals surface area contributed by atoms with E-state index in [4.69, 9.17) is 4.74 Å². The number of hydrogen-bond acceptors (Lipinski definition) is 4. The summed E-state index contributed by atoms with van der Waals surface area (Å²) in [7, 11) is 0. The number of carbonyl (C=O) groups excluding carboxylic acids is 2. The van der Waals surface area contributed by atoms with E-state index in [-0.39, 0.29) is 11.8 Å². The number of nitrogens with one attached hydrogen (secondary N) is 1. The number of thiophene rings is 1. The Morgan fingerprint density at radius 3 is 2.67 bits per heavy atom. The van der Waals surface area contributed by atoms with E-state index in [9.17, 15) is 9.59 Å². The van der Waals surface area contributed by atoms with E-state index in [0.29, 0.717) is 43.5 Å². The van der Waals surface area contributed by atoms with Gasteiger partial charge in [-0.1, -0.05) is 19.9 Å². The van der Waals surface area contributed by atoms with Crippen molar-refractivity contribution in [1.29, 1.82) is 0 Å². The number of hydrogen-bond donors (Lipinski definition) is 1. The lowest BCUT2D eigenvalue weighted by Crippen LogP contribution is -2.52. The minimum absolute atomic E-state index is 0.00286. The van der Waals surface area contributed by atoms with E-state index in [1.165, 1.54) is 11.3 Å². The Balaban J connectivity index is 2.02. The second-order valence-electron chi connectivity index (χ2n) is 5.57. The zero-order chi connectivity index (χ0) is 15.2. The summed E-state index contributed by atoms with van der Waals surface area (Å²) in [6.07, 6.45) is 0.646. The van der Waals surface area contributed by atoms with Gasteiger partial charge >= 0.3 is 0 Å². The molecule has 2 amide bonds. The Hall–Kier alpha value is -1.40. The molecule has 1 aliphatic heterocycles. The highest BCUT2D eigenvalue weighted by atomic mass is 32.1. The largest absolute Gasteiger partial charge is 0.378 e. The molecule has 1 atom stereocenters. The van der Waals surface area contributed by atoms with Crippen LogP contribution in [-0.2, 0) is 9.53 Å². The third-order valence-electron chi connectivity index (χ3n) is 3.38. The highest BCUT2D eigenvalue weighted by Gasteiger charge is 2.28. The van der Waals surface area contributed by atoms with Crippen LogP contribution in [0.5, 0.6) is 0 Å². The van der Waals surface area contributed by atoms with E-state index in [1.807, 2.05) is 11.4 Å². The summed E-state index contributed by atoms with van der Waals surface area (Å²) in [5.74, 6) is 0.165. The maximum absolute atomic E-state index is 12.6. The Morgan fingerprint density at radius 1 is 1.38 bits per heavy atom. The van der Waals surface area contributed by atoms with Crippen molar-refractivity contribution < 1.29 is 14.3 Å². The summed E-state index contributed by atoms with van der Waals surface area (Å²) in [5.41, 5.74) is 0. The average molecular weight is 310 g/mol. The molecule has 2 rings (SSSR count). The fourth-order valence-corrected chi connectivity index (χ4v) is 2.96. The van der Waals surface area contributed by atoms with Crippen LogP contribution >= 0.6 is 11.3 Å². The molecule has 0 aliphatic carbocycles. The van der Waals surface area contributed by atoms with Crippen molar-refractivity contribution in [2.24, 2.45) is 5.92 Å². The molecule has 21 heavy (non-hydrogen) atoms. The first kappa shape index (κ1) is 16.0. The van der Waals surface area contributed by atoms with Crippen molar-refractivity contribution in [2.45, 2.75) is 26.3 Å². The maximum Gasteiger partial charge on any atom is 0.261 e. The fourth-order valence-electron chi connectivity index (χ4n) is 2.33. The van der Waals surface area contributed by atoms with Crippen LogP contribution in [0.15, 0.2) is 17.5 Å². The molecule has 1 aromatic heterocycles. The van der Waals surface area contributed by atoms with Gasteiger partial charge in [0.05, 0.1) is 18.1 Å². The van der Waals surface area contributed by atoms with Gasteiger partial charge in [0.15, 0.2) is 0 Å². The predicted molar refractivity (Wildman–Crippen MR) is 82.4 cm³/mol. The number of rotatable bonds is 5. The zero-order valence-corrected chi connectivity index (χ0v) is 13.3. The smallest absolute Gasteiger partial charge is 0.261 e. The van der Waals surface area contributed by atoms with Crippen LogP contribution in [0.2, 0.25) is 0 Å². The van der Waals surface area contributed by atoms with Gasteiger partial charge in [0.1, 0.15) is 6.04 Å². The van der Waals surface area contributed by atoms with Crippen LogP contribution in [-0.4, -0.2) is 49.1 Å². The van der Waals surface area contributed by atoms with E-state index >= 15 is 0 Å². The minimum Gasteiger partial charge on any atom is -0.378 e. The van der Waals surface area contributed by atoms with Crippen LogP contribution in [0.1, 0.15) is 29.9 Å². The standard InChI is InChI=1S/C15H22N2O3S/c1-11(2)10-12(15(19)17-5-7-20-8-6-17)16-14(18)13-4-3-9-21-13/h3-4,9,11-12H,5-8,10H2,1-2H3,(H,16,18)/t12-/m1/s1. The average Bonchev–Trinajstić information content (AvgIpc) is 3.00. The summed E-state index contributed by atoms with van der Waals surface area (Å²) in [6, 6.07) is 3.14. The Morgan fingerprint density at radius 2 is 2.10 bits per heavy atom. The lowest BCUT2D eigenvalue weighted by molar-refractivity contribution is -0.137. The predicted octanol–water partition coefficient (Wildman–Crippen LogP) is 1.75. The zero-order valence-electron chi connectivity index (χ0n) is 12.5. The molecule has 0 aromatic carbocycles. The minimum atomic E-state index is -0.460. The topological polar surface area (TPSA) is 58.6 Å². The van der Waals surface area contributed by atoms with Crippen LogP contribution in [0.4, 0.5) is 0 Å². The van der Waals surface area contributed by atoms with Gasteiger partial charge in [-0.05, 0) is 23.8 Å². The summed E-state index contributed by atoms with van der Waals surface area (Å²) in [6.45, 7) is 6.44. The van der Waals surface area contributed by atoms with Gasteiger partial charge in [-0.15, -0.1) is 11.3 Å². The van der Waals surface area contributed by atoms with Crippen molar-refractivity contribution in [2.75, 3.05) is 26.3 Å². The van der Waals surface area contributed by atoms with Gasteiger partial charge in [-0.2, -0.15) is 0 Å². The summed E-state index contributed by atoms with van der Waals surface area (Å²) in [4.78, 5) is 27.2. The molecule has 1 aromatic rings. The van der Waals surface area contributed by atoms with Crippen LogP contribution in [0, 0.1) is 5.92 Å². The number of carbonyl (C=O) groups is 2. The summed E-state index contributed by atoms with van der Waals surface area (Å²) in [5, 5.41) is 4.74. The summed E-state index contributed by atoms with van der Waals surface area (Å²) < 4.78 is 5.27. The molecule has 0 saturated carbocycles. The highest BCUT2D eigenvalue weighted by Crippen LogP contribution is 2.13. The monoisotopic (exact) mass is 310 g/mol.